The fraction of sp³-hybridized carbons (Fsp3) is 0.419. The number of carbonyl (C=O) groups excluding carboxylic acids is 3. The topological polar surface area (TPSA) is 168 Å². The van der Waals surface area contributed by atoms with E-state index in [0.717, 1.165) is 0 Å². The molecule has 0 unspecified atom stereocenters. The van der Waals surface area contributed by atoms with E-state index in [0.29, 0.717) is 57.9 Å². The van der Waals surface area contributed by atoms with Crippen molar-refractivity contribution in [3.8, 4) is 17.2 Å². The second-order valence-corrected chi connectivity index (χ2v) is 11.4. The Hall–Kier alpha value is -4.98. The van der Waals surface area contributed by atoms with Crippen molar-refractivity contribution in [2.45, 2.75) is 46.3 Å². The van der Waals surface area contributed by atoms with Gasteiger partial charge in [-0.3, -0.25) is 4.79 Å². The van der Waals surface area contributed by atoms with Gasteiger partial charge >= 0.3 is 12.1 Å². The van der Waals surface area contributed by atoms with Crippen molar-refractivity contribution in [3.05, 3.63) is 53.4 Å². The van der Waals surface area contributed by atoms with Crippen LogP contribution in [0.1, 0.15) is 30.9 Å². The van der Waals surface area contributed by atoms with Gasteiger partial charge in [-0.05, 0) is 51.1 Å². The highest BCUT2D eigenvalue weighted by Crippen LogP contribution is 2.34. The molecule has 0 fully saturated rings. The van der Waals surface area contributed by atoms with E-state index in [9.17, 15) is 19.5 Å². The van der Waals surface area contributed by atoms with Crippen LogP contribution >= 0.6 is 0 Å². The summed E-state index contributed by atoms with van der Waals surface area (Å²) in [5.74, 6) is 1.69. The first-order valence-corrected chi connectivity index (χ1v) is 14.6. The van der Waals surface area contributed by atoms with Crippen molar-refractivity contribution in [3.63, 3.8) is 0 Å². The van der Waals surface area contributed by atoms with Crippen LogP contribution in [0.15, 0.2) is 40.9 Å². The number of aryl methyl sites for hydroxylation is 2. The Morgan fingerprint density at radius 3 is 2.44 bits per heavy atom. The SMILES string of the molecule is Cc1noc(C)c1NC(=O)N(C)C[C@@H]1Oc2ccc(NC(=O)Nc3ccc4c(c3)OCO4)cc2CC(=O)N([C@H](C)CO)C[C@@H]1C. The molecule has 0 saturated heterocycles. The summed E-state index contributed by atoms with van der Waals surface area (Å²) < 4.78 is 22.3. The van der Waals surface area contributed by atoms with Crippen LogP contribution in [0, 0.1) is 19.8 Å². The number of aromatic nitrogens is 1. The maximum absolute atomic E-state index is 13.5. The molecule has 14 nitrogen and oxygen atoms in total. The number of likely N-dealkylation sites (N-methyl/N-ethyl adjacent to an activating group) is 1. The van der Waals surface area contributed by atoms with Gasteiger partial charge in [0.15, 0.2) is 17.3 Å². The summed E-state index contributed by atoms with van der Waals surface area (Å²) in [5, 5.41) is 22.2. The molecule has 0 spiro atoms. The standard InChI is InChI=1S/C31H38N6O8/c1-17-13-37(18(2)15-38)28(39)11-21-10-22(32-30(40)33-23-7-9-25-26(12-23)43-16-42-25)6-8-24(21)44-27(17)14-36(5)31(41)34-29-19(3)35-45-20(29)4/h6-10,12,17-18,27,38H,11,13-16H2,1-5H3,(H,34,41)(H2,32,33,40)/t17-,18+,27-/m0/s1. The molecular formula is C31H38N6O8. The molecule has 0 aliphatic carbocycles. The summed E-state index contributed by atoms with van der Waals surface area (Å²) in [5.41, 5.74) is 2.60. The number of fused-ring (bicyclic) bond motifs is 2. The van der Waals surface area contributed by atoms with Crippen LogP contribution < -0.4 is 30.2 Å². The highest BCUT2D eigenvalue weighted by molar-refractivity contribution is 6.00. The first-order valence-electron chi connectivity index (χ1n) is 14.6. The molecule has 3 aromatic rings. The van der Waals surface area contributed by atoms with Crippen molar-refractivity contribution in [1.82, 2.24) is 15.0 Å². The monoisotopic (exact) mass is 622 g/mol. The maximum Gasteiger partial charge on any atom is 0.323 e. The van der Waals surface area contributed by atoms with Crippen molar-refractivity contribution >= 4 is 35.0 Å². The average molecular weight is 623 g/mol. The number of aliphatic hydroxyl groups is 1. The third kappa shape index (κ3) is 7.23. The molecule has 45 heavy (non-hydrogen) atoms. The van der Waals surface area contributed by atoms with Crippen LogP contribution in [-0.4, -0.2) is 83.7 Å². The Balaban J connectivity index is 1.35. The number of aliphatic hydroxyl groups excluding tert-OH is 1. The third-order valence-electron chi connectivity index (χ3n) is 7.87. The van der Waals surface area contributed by atoms with E-state index >= 15 is 0 Å². The van der Waals surface area contributed by atoms with E-state index in [1.807, 2.05) is 6.92 Å². The number of amides is 5. The lowest BCUT2D eigenvalue weighted by molar-refractivity contribution is -0.134. The molecule has 2 aliphatic rings. The minimum Gasteiger partial charge on any atom is -0.488 e. The van der Waals surface area contributed by atoms with Crippen LogP contribution in [0.4, 0.5) is 26.7 Å². The molecule has 2 aliphatic heterocycles. The van der Waals surface area contributed by atoms with E-state index < -0.39 is 18.2 Å². The van der Waals surface area contributed by atoms with Crippen LogP contribution in [0.5, 0.6) is 17.2 Å². The summed E-state index contributed by atoms with van der Waals surface area (Å²) in [6.45, 7) is 7.60. The van der Waals surface area contributed by atoms with Crippen molar-refractivity contribution < 1.29 is 38.2 Å². The van der Waals surface area contributed by atoms with Gasteiger partial charge in [-0.1, -0.05) is 12.1 Å². The second-order valence-electron chi connectivity index (χ2n) is 11.4. The zero-order valence-electron chi connectivity index (χ0n) is 25.9. The van der Waals surface area contributed by atoms with Crippen molar-refractivity contribution in [1.29, 1.82) is 0 Å². The smallest absolute Gasteiger partial charge is 0.323 e. The normalized spacial score (nSPS) is 18.1. The molecule has 0 saturated carbocycles. The molecular weight excluding hydrogens is 584 g/mol. The van der Waals surface area contributed by atoms with Gasteiger partial charge < -0.3 is 49.6 Å². The highest BCUT2D eigenvalue weighted by atomic mass is 16.7. The van der Waals surface area contributed by atoms with Gasteiger partial charge in [0.25, 0.3) is 0 Å². The first-order chi connectivity index (χ1) is 21.5. The van der Waals surface area contributed by atoms with Crippen LogP contribution in [0.2, 0.25) is 0 Å². The Kier molecular flexibility index (Phi) is 9.32. The van der Waals surface area contributed by atoms with Crippen LogP contribution in [0.25, 0.3) is 0 Å². The minimum atomic E-state index is -0.517. The predicted octanol–water partition coefficient (Wildman–Crippen LogP) is 3.98. The predicted molar refractivity (Wildman–Crippen MR) is 165 cm³/mol. The quantitative estimate of drug-likeness (QED) is 0.305. The van der Waals surface area contributed by atoms with E-state index in [-0.39, 0.29) is 44.2 Å². The van der Waals surface area contributed by atoms with E-state index in [4.69, 9.17) is 18.7 Å². The molecule has 0 radical (unpaired) electrons. The highest BCUT2D eigenvalue weighted by Gasteiger charge is 2.32. The number of rotatable bonds is 7. The number of nitrogens with zero attached hydrogens (tertiary/aromatic N) is 3. The molecule has 1 aromatic heterocycles. The number of urea groups is 2. The Morgan fingerprint density at radius 2 is 1.76 bits per heavy atom. The summed E-state index contributed by atoms with van der Waals surface area (Å²) in [4.78, 5) is 42.6. The van der Waals surface area contributed by atoms with Gasteiger partial charge in [0.1, 0.15) is 23.2 Å². The van der Waals surface area contributed by atoms with Gasteiger partial charge in [-0.15, -0.1) is 0 Å². The molecule has 5 amide bonds. The Labute approximate surface area is 260 Å². The van der Waals surface area contributed by atoms with E-state index in [2.05, 4.69) is 21.1 Å². The molecule has 3 heterocycles. The van der Waals surface area contributed by atoms with Gasteiger partial charge in [0, 0.05) is 42.5 Å². The van der Waals surface area contributed by atoms with Gasteiger partial charge in [-0.25, -0.2) is 9.59 Å². The fourth-order valence-corrected chi connectivity index (χ4v) is 5.21. The number of hydrogen-bond acceptors (Lipinski definition) is 9. The number of carbonyl (C=O) groups is 3. The lowest BCUT2D eigenvalue weighted by Crippen LogP contribution is -2.48. The summed E-state index contributed by atoms with van der Waals surface area (Å²) in [7, 11) is 1.65. The summed E-state index contributed by atoms with van der Waals surface area (Å²) in [6.07, 6.45) is -0.530. The summed E-state index contributed by atoms with van der Waals surface area (Å²) in [6, 6.07) is 8.87. The molecule has 240 valence electrons. The van der Waals surface area contributed by atoms with E-state index in [1.54, 1.807) is 69.1 Å². The Morgan fingerprint density at radius 1 is 1.07 bits per heavy atom. The molecule has 14 heteroatoms. The van der Waals surface area contributed by atoms with Gasteiger partial charge in [0.2, 0.25) is 12.7 Å². The maximum atomic E-state index is 13.5. The molecule has 4 N–H and O–H groups in total. The van der Waals surface area contributed by atoms with Crippen LogP contribution in [0.3, 0.4) is 0 Å². The molecule has 2 aromatic carbocycles. The van der Waals surface area contributed by atoms with Gasteiger partial charge in [0.05, 0.1) is 25.6 Å². The van der Waals surface area contributed by atoms with Crippen molar-refractivity contribution in [2.24, 2.45) is 5.92 Å². The number of nitrogens with one attached hydrogen (secondary N) is 3. The molecule has 3 atom stereocenters. The fourth-order valence-electron chi connectivity index (χ4n) is 5.21. The first kappa shape index (κ1) is 31.4. The second kappa shape index (κ2) is 13.3. The van der Waals surface area contributed by atoms with Crippen molar-refractivity contribution in [2.75, 3.05) is 49.5 Å². The third-order valence-corrected chi connectivity index (χ3v) is 7.87. The Bertz CT molecular complexity index is 1560. The minimum absolute atomic E-state index is 0.0131. The number of ether oxygens (including phenoxy) is 3. The largest absolute Gasteiger partial charge is 0.488 e. The molecule has 5 rings (SSSR count). The van der Waals surface area contributed by atoms with Crippen LogP contribution in [-0.2, 0) is 11.2 Å². The molecule has 0 bridgehead atoms. The lowest BCUT2D eigenvalue weighted by Gasteiger charge is -2.34. The number of hydrogen-bond donors (Lipinski definition) is 4. The number of anilines is 3. The summed E-state index contributed by atoms with van der Waals surface area (Å²) >= 11 is 0. The zero-order valence-corrected chi connectivity index (χ0v) is 25.9. The van der Waals surface area contributed by atoms with E-state index in [1.165, 1.54) is 4.90 Å². The lowest BCUT2D eigenvalue weighted by atomic mass is 10.0. The average Bonchev–Trinajstić information content (AvgIpc) is 3.61. The van der Waals surface area contributed by atoms with Gasteiger partial charge in [-0.2, -0.15) is 0 Å². The number of benzene rings is 2. The zero-order chi connectivity index (χ0) is 32.2.